The van der Waals surface area contributed by atoms with Crippen molar-refractivity contribution in [1.29, 1.82) is 0 Å². The van der Waals surface area contributed by atoms with E-state index >= 15 is 0 Å². The summed E-state index contributed by atoms with van der Waals surface area (Å²) in [5.41, 5.74) is 3.57. The van der Waals surface area contributed by atoms with Crippen LogP contribution in [-0.2, 0) is 6.42 Å². The Morgan fingerprint density at radius 3 is 2.54 bits per heavy atom. The van der Waals surface area contributed by atoms with Gasteiger partial charge in [0.15, 0.2) is 5.78 Å². The molecule has 6 nitrogen and oxygen atoms in total. The number of rotatable bonds is 5. The second kappa shape index (κ2) is 9.13. The van der Waals surface area contributed by atoms with E-state index in [9.17, 15) is 18.4 Å². The first kappa shape index (κ1) is 22.5. The van der Waals surface area contributed by atoms with E-state index in [1.807, 2.05) is 37.3 Å². The summed E-state index contributed by atoms with van der Waals surface area (Å²) in [4.78, 5) is 33.2. The summed E-state index contributed by atoms with van der Waals surface area (Å²) in [6.07, 6.45) is 2.97. The van der Waals surface area contributed by atoms with Crippen LogP contribution in [-0.4, -0.2) is 21.7 Å². The van der Waals surface area contributed by atoms with Crippen molar-refractivity contribution in [2.75, 3.05) is 10.6 Å². The number of pyridine rings is 1. The number of hydrogen-bond acceptors (Lipinski definition) is 4. The first-order valence-electron chi connectivity index (χ1n) is 11.2. The number of fused-ring (bicyclic) bond motifs is 1. The minimum absolute atomic E-state index is 0.0600. The van der Waals surface area contributed by atoms with E-state index in [1.165, 1.54) is 12.3 Å². The molecule has 0 bridgehead atoms. The van der Waals surface area contributed by atoms with Crippen LogP contribution >= 0.6 is 0 Å². The Morgan fingerprint density at radius 1 is 1.06 bits per heavy atom. The maximum absolute atomic E-state index is 14.0. The molecule has 8 heteroatoms. The number of Topliss-reactive ketones (excluding diaryl/α,β-unsaturated/α-hetero) is 1. The van der Waals surface area contributed by atoms with Gasteiger partial charge in [0.25, 0.3) is 5.91 Å². The molecule has 1 amide bonds. The molecule has 3 N–H and O–H groups in total. The van der Waals surface area contributed by atoms with Crippen LogP contribution in [0.25, 0.3) is 11.3 Å². The average Bonchev–Trinajstić information content (AvgIpc) is 3.21. The van der Waals surface area contributed by atoms with E-state index in [0.29, 0.717) is 22.5 Å². The smallest absolute Gasteiger partial charge is 0.262 e. The van der Waals surface area contributed by atoms with Gasteiger partial charge in [-0.2, -0.15) is 0 Å². The minimum Gasteiger partial charge on any atom is -0.356 e. The summed E-state index contributed by atoms with van der Waals surface area (Å²) in [6, 6.07) is 16.1. The third-order valence-electron chi connectivity index (χ3n) is 6.12. The highest BCUT2D eigenvalue weighted by atomic mass is 19.1. The van der Waals surface area contributed by atoms with Gasteiger partial charge >= 0.3 is 0 Å². The molecule has 0 saturated heterocycles. The number of amides is 1. The predicted octanol–water partition coefficient (Wildman–Crippen LogP) is 6.12. The highest BCUT2D eigenvalue weighted by molar-refractivity contribution is 6.08. The summed E-state index contributed by atoms with van der Waals surface area (Å²) in [5, 5.41) is 5.84. The molecular formula is C27H22F2N4O2. The van der Waals surface area contributed by atoms with E-state index in [1.54, 1.807) is 12.1 Å². The molecule has 1 atom stereocenters. The van der Waals surface area contributed by atoms with Gasteiger partial charge in [-0.25, -0.2) is 13.8 Å². The monoisotopic (exact) mass is 472 g/mol. The molecule has 1 aliphatic carbocycles. The Balaban J connectivity index is 1.54. The van der Waals surface area contributed by atoms with Gasteiger partial charge in [-0.15, -0.1) is 0 Å². The lowest BCUT2D eigenvalue weighted by Crippen LogP contribution is -2.20. The Labute approximate surface area is 200 Å². The SMILES string of the molecule is CC1CCc2[nH]c(-c3ccnc(NC(=O)c4c(F)cccc4F)c3)c(Nc3ccccc3)c2C1=O. The third-order valence-corrected chi connectivity index (χ3v) is 6.12. The number of carbonyl (C=O) groups is 2. The van der Waals surface area contributed by atoms with Crippen LogP contribution in [0, 0.1) is 17.6 Å². The second-order valence-electron chi connectivity index (χ2n) is 8.50. The van der Waals surface area contributed by atoms with Crippen LogP contribution < -0.4 is 10.6 Å². The minimum atomic E-state index is -0.960. The number of aryl methyl sites for hydroxylation is 1. The van der Waals surface area contributed by atoms with Crippen LogP contribution in [0.2, 0.25) is 0 Å². The fourth-order valence-corrected chi connectivity index (χ4v) is 4.30. The van der Waals surface area contributed by atoms with Gasteiger partial charge in [-0.1, -0.05) is 31.2 Å². The molecule has 0 saturated carbocycles. The summed E-state index contributed by atoms with van der Waals surface area (Å²) in [5.74, 6) is -2.78. The molecule has 0 aliphatic heterocycles. The number of para-hydroxylation sites is 1. The zero-order valence-corrected chi connectivity index (χ0v) is 18.9. The van der Waals surface area contributed by atoms with Gasteiger partial charge in [-0.05, 0) is 49.2 Å². The van der Waals surface area contributed by atoms with E-state index in [4.69, 9.17) is 0 Å². The van der Waals surface area contributed by atoms with Gasteiger partial charge < -0.3 is 15.6 Å². The van der Waals surface area contributed by atoms with Crippen molar-refractivity contribution in [3.05, 3.63) is 95.3 Å². The molecule has 2 heterocycles. The molecule has 0 radical (unpaired) electrons. The zero-order valence-electron chi connectivity index (χ0n) is 18.9. The van der Waals surface area contributed by atoms with E-state index in [2.05, 4.69) is 20.6 Å². The fourth-order valence-electron chi connectivity index (χ4n) is 4.30. The van der Waals surface area contributed by atoms with Crippen LogP contribution in [0.5, 0.6) is 0 Å². The Hall–Kier alpha value is -4.33. The van der Waals surface area contributed by atoms with Crippen LogP contribution in [0.15, 0.2) is 66.9 Å². The molecule has 176 valence electrons. The Morgan fingerprint density at radius 2 is 1.80 bits per heavy atom. The number of halogens is 2. The Bertz CT molecular complexity index is 1410. The number of anilines is 3. The zero-order chi connectivity index (χ0) is 24.5. The molecule has 1 aliphatic rings. The van der Waals surface area contributed by atoms with Crippen molar-refractivity contribution < 1.29 is 18.4 Å². The number of nitrogens with one attached hydrogen (secondary N) is 3. The number of aromatic amines is 1. The number of ketones is 1. The quantitative estimate of drug-likeness (QED) is 0.327. The van der Waals surface area contributed by atoms with Gasteiger partial charge in [0.05, 0.1) is 16.9 Å². The topological polar surface area (TPSA) is 86.9 Å². The molecule has 35 heavy (non-hydrogen) atoms. The van der Waals surface area contributed by atoms with E-state index in [-0.39, 0.29) is 17.5 Å². The largest absolute Gasteiger partial charge is 0.356 e. The normalized spacial score (nSPS) is 14.9. The number of hydrogen-bond donors (Lipinski definition) is 3. The maximum Gasteiger partial charge on any atom is 0.262 e. The number of aromatic nitrogens is 2. The number of nitrogens with zero attached hydrogens (tertiary/aromatic N) is 1. The first-order valence-corrected chi connectivity index (χ1v) is 11.2. The van der Waals surface area contributed by atoms with E-state index in [0.717, 1.165) is 36.4 Å². The molecular weight excluding hydrogens is 450 g/mol. The number of carbonyl (C=O) groups excluding carboxylic acids is 2. The van der Waals surface area contributed by atoms with Crippen molar-refractivity contribution >= 4 is 28.9 Å². The lowest BCUT2D eigenvalue weighted by molar-refractivity contribution is 0.0914. The summed E-state index contributed by atoms with van der Waals surface area (Å²) >= 11 is 0. The van der Waals surface area contributed by atoms with Crippen molar-refractivity contribution in [3.63, 3.8) is 0 Å². The fraction of sp³-hybridized carbons (Fsp3) is 0.148. The summed E-state index contributed by atoms with van der Waals surface area (Å²) < 4.78 is 28.1. The molecule has 2 aromatic carbocycles. The maximum atomic E-state index is 14.0. The highest BCUT2D eigenvalue weighted by Crippen LogP contribution is 2.40. The first-order chi connectivity index (χ1) is 16.9. The molecule has 0 fully saturated rings. The Kier molecular flexibility index (Phi) is 5.86. The third kappa shape index (κ3) is 4.30. The van der Waals surface area contributed by atoms with Gasteiger partial charge in [-0.3, -0.25) is 9.59 Å². The lowest BCUT2D eigenvalue weighted by atomic mass is 9.87. The van der Waals surface area contributed by atoms with Crippen molar-refractivity contribution in [1.82, 2.24) is 9.97 Å². The van der Waals surface area contributed by atoms with Crippen LogP contribution in [0.1, 0.15) is 39.8 Å². The van der Waals surface area contributed by atoms with Crippen molar-refractivity contribution in [3.8, 4) is 11.3 Å². The van der Waals surface area contributed by atoms with Gasteiger partial charge in [0.1, 0.15) is 23.0 Å². The summed E-state index contributed by atoms with van der Waals surface area (Å²) in [7, 11) is 0. The number of benzene rings is 2. The molecule has 1 unspecified atom stereocenters. The average molecular weight is 472 g/mol. The highest BCUT2D eigenvalue weighted by Gasteiger charge is 2.31. The molecule has 2 aromatic heterocycles. The van der Waals surface area contributed by atoms with Gasteiger partial charge in [0.2, 0.25) is 0 Å². The molecule has 0 spiro atoms. The number of H-pyrrole nitrogens is 1. The van der Waals surface area contributed by atoms with Crippen LogP contribution in [0.4, 0.5) is 26.0 Å². The van der Waals surface area contributed by atoms with Crippen LogP contribution in [0.3, 0.4) is 0 Å². The van der Waals surface area contributed by atoms with E-state index < -0.39 is 23.1 Å². The van der Waals surface area contributed by atoms with Gasteiger partial charge in [0, 0.05) is 29.1 Å². The predicted molar refractivity (Wildman–Crippen MR) is 130 cm³/mol. The second-order valence-corrected chi connectivity index (χ2v) is 8.50. The standard InChI is InChI=1S/C27H22F2N4O2/c1-15-10-11-20-23(26(15)34)25(31-17-6-3-2-4-7-17)24(32-20)16-12-13-30-21(14-16)33-27(35)22-18(28)8-5-9-19(22)29/h2-9,12-15,31-32H,10-11H2,1H3,(H,30,33,35). The molecule has 4 aromatic rings. The van der Waals surface area contributed by atoms with Crippen molar-refractivity contribution in [2.24, 2.45) is 5.92 Å². The summed E-state index contributed by atoms with van der Waals surface area (Å²) in [6.45, 7) is 1.92. The lowest BCUT2D eigenvalue weighted by Gasteiger charge is -2.18. The molecule has 5 rings (SSSR count). The van der Waals surface area contributed by atoms with Crippen molar-refractivity contribution in [2.45, 2.75) is 19.8 Å².